The van der Waals surface area contributed by atoms with Crippen LogP contribution in [0.15, 0.2) is 18.2 Å². The average molecular weight is 264 g/mol. The molecular formula is C14H20N2O3. The van der Waals surface area contributed by atoms with Crippen LogP contribution in [0.3, 0.4) is 0 Å². The first kappa shape index (κ1) is 13.7. The van der Waals surface area contributed by atoms with Gasteiger partial charge in [-0.2, -0.15) is 0 Å². The number of fused-ring (bicyclic) bond motifs is 1. The van der Waals surface area contributed by atoms with Gasteiger partial charge in [0.05, 0.1) is 6.54 Å². The lowest BCUT2D eigenvalue weighted by atomic mass is 10.2. The van der Waals surface area contributed by atoms with Crippen molar-refractivity contribution < 1.29 is 14.3 Å². The highest BCUT2D eigenvalue weighted by Gasteiger charge is 2.11. The Kier molecular flexibility index (Phi) is 5.03. The van der Waals surface area contributed by atoms with Crippen molar-refractivity contribution in [3.8, 4) is 11.5 Å². The van der Waals surface area contributed by atoms with E-state index in [4.69, 9.17) is 9.47 Å². The highest BCUT2D eigenvalue weighted by atomic mass is 16.6. The largest absolute Gasteiger partial charge is 0.486 e. The van der Waals surface area contributed by atoms with Crippen LogP contribution in [0, 0.1) is 0 Å². The summed E-state index contributed by atoms with van der Waals surface area (Å²) in [5.74, 6) is 1.59. The monoisotopic (exact) mass is 264 g/mol. The van der Waals surface area contributed by atoms with Crippen molar-refractivity contribution in [3.05, 3.63) is 23.8 Å². The molecule has 1 heterocycles. The normalized spacial score (nSPS) is 13.1. The molecule has 0 unspecified atom stereocenters. The summed E-state index contributed by atoms with van der Waals surface area (Å²) in [6, 6.07) is 5.83. The summed E-state index contributed by atoms with van der Waals surface area (Å²) in [5, 5.41) is 5.93. The van der Waals surface area contributed by atoms with Crippen molar-refractivity contribution in [2.75, 3.05) is 26.3 Å². The maximum atomic E-state index is 11.4. The quantitative estimate of drug-likeness (QED) is 0.807. The topological polar surface area (TPSA) is 59.6 Å². The molecule has 0 radical (unpaired) electrons. The van der Waals surface area contributed by atoms with Crippen molar-refractivity contribution in [3.63, 3.8) is 0 Å². The molecule has 19 heavy (non-hydrogen) atoms. The summed E-state index contributed by atoms with van der Waals surface area (Å²) < 4.78 is 11.0. The summed E-state index contributed by atoms with van der Waals surface area (Å²) in [4.78, 5) is 11.4. The van der Waals surface area contributed by atoms with Gasteiger partial charge in [-0.05, 0) is 24.1 Å². The summed E-state index contributed by atoms with van der Waals surface area (Å²) in [5.41, 5.74) is 1.08. The number of benzene rings is 1. The number of carbonyl (C=O) groups is 1. The SMILES string of the molecule is CCCNC(=O)CNCc1ccc2c(c1)OCCO2. The van der Waals surface area contributed by atoms with Crippen molar-refractivity contribution in [1.29, 1.82) is 0 Å². The molecule has 0 atom stereocenters. The highest BCUT2D eigenvalue weighted by molar-refractivity contribution is 5.77. The molecule has 0 aromatic heterocycles. The van der Waals surface area contributed by atoms with Gasteiger partial charge in [0.25, 0.3) is 0 Å². The third-order valence-electron chi connectivity index (χ3n) is 2.79. The second-order valence-corrected chi connectivity index (χ2v) is 4.43. The van der Waals surface area contributed by atoms with Gasteiger partial charge < -0.3 is 20.1 Å². The number of hydrogen-bond donors (Lipinski definition) is 2. The molecule has 0 saturated carbocycles. The van der Waals surface area contributed by atoms with Gasteiger partial charge in [-0.25, -0.2) is 0 Å². The molecular weight excluding hydrogens is 244 g/mol. The molecule has 1 aromatic carbocycles. The van der Waals surface area contributed by atoms with Crippen molar-refractivity contribution in [2.45, 2.75) is 19.9 Å². The molecule has 0 saturated heterocycles. The molecule has 5 nitrogen and oxygen atoms in total. The fourth-order valence-corrected chi connectivity index (χ4v) is 1.85. The Morgan fingerprint density at radius 1 is 1.26 bits per heavy atom. The lowest BCUT2D eigenvalue weighted by Crippen LogP contribution is -2.33. The second kappa shape index (κ2) is 6.99. The Labute approximate surface area is 113 Å². The predicted octanol–water partition coefficient (Wildman–Crippen LogP) is 1.07. The van der Waals surface area contributed by atoms with Crippen LogP contribution in [0.2, 0.25) is 0 Å². The molecule has 1 amide bonds. The lowest BCUT2D eigenvalue weighted by molar-refractivity contribution is -0.120. The minimum Gasteiger partial charge on any atom is -0.486 e. The third kappa shape index (κ3) is 4.13. The van der Waals surface area contributed by atoms with Gasteiger partial charge in [-0.3, -0.25) is 4.79 Å². The van der Waals surface area contributed by atoms with Gasteiger partial charge in [0, 0.05) is 13.1 Å². The van der Waals surface area contributed by atoms with Crippen LogP contribution >= 0.6 is 0 Å². The van der Waals surface area contributed by atoms with E-state index < -0.39 is 0 Å². The van der Waals surface area contributed by atoms with Crippen LogP contribution < -0.4 is 20.1 Å². The Morgan fingerprint density at radius 2 is 2.05 bits per heavy atom. The molecule has 2 N–H and O–H groups in total. The fraction of sp³-hybridized carbons (Fsp3) is 0.500. The van der Waals surface area contributed by atoms with Gasteiger partial charge in [-0.1, -0.05) is 13.0 Å². The Hall–Kier alpha value is -1.75. The molecule has 1 aliphatic rings. The minimum atomic E-state index is 0.0272. The van der Waals surface area contributed by atoms with Crippen LogP contribution in [0.1, 0.15) is 18.9 Å². The summed E-state index contributed by atoms with van der Waals surface area (Å²) >= 11 is 0. The van der Waals surface area contributed by atoms with Gasteiger partial charge in [0.15, 0.2) is 11.5 Å². The molecule has 5 heteroatoms. The van der Waals surface area contributed by atoms with E-state index in [1.165, 1.54) is 0 Å². The molecule has 1 aliphatic heterocycles. The first-order chi connectivity index (χ1) is 9.29. The van der Waals surface area contributed by atoms with Gasteiger partial charge in [0.1, 0.15) is 13.2 Å². The molecule has 104 valence electrons. The number of nitrogens with one attached hydrogen (secondary N) is 2. The number of hydrogen-bond acceptors (Lipinski definition) is 4. The maximum Gasteiger partial charge on any atom is 0.233 e. The van der Waals surface area contributed by atoms with Crippen LogP contribution in [-0.2, 0) is 11.3 Å². The van der Waals surface area contributed by atoms with Gasteiger partial charge in [0.2, 0.25) is 5.91 Å². The van der Waals surface area contributed by atoms with Crippen molar-refractivity contribution in [2.24, 2.45) is 0 Å². The van der Waals surface area contributed by atoms with E-state index in [1.54, 1.807) is 0 Å². The zero-order valence-corrected chi connectivity index (χ0v) is 11.2. The average Bonchev–Trinajstić information content (AvgIpc) is 2.45. The summed E-state index contributed by atoms with van der Waals surface area (Å²) in [6.07, 6.45) is 0.952. The molecule has 1 aromatic rings. The van der Waals surface area contributed by atoms with E-state index in [-0.39, 0.29) is 5.91 Å². The standard InChI is InChI=1S/C14H20N2O3/c1-2-5-16-14(17)10-15-9-11-3-4-12-13(8-11)19-7-6-18-12/h3-4,8,15H,2,5-7,9-10H2,1H3,(H,16,17). The van der Waals surface area contributed by atoms with Crippen molar-refractivity contribution in [1.82, 2.24) is 10.6 Å². The first-order valence-corrected chi connectivity index (χ1v) is 6.65. The summed E-state index contributed by atoms with van der Waals surface area (Å²) in [7, 11) is 0. The van der Waals surface area contributed by atoms with Gasteiger partial charge in [-0.15, -0.1) is 0 Å². The van der Waals surface area contributed by atoms with E-state index in [0.29, 0.717) is 26.3 Å². The predicted molar refractivity (Wildman–Crippen MR) is 72.4 cm³/mol. The Morgan fingerprint density at radius 3 is 2.84 bits per heavy atom. The second-order valence-electron chi connectivity index (χ2n) is 4.43. The van der Waals surface area contributed by atoms with E-state index in [9.17, 15) is 4.79 Å². The number of carbonyl (C=O) groups excluding carboxylic acids is 1. The third-order valence-corrected chi connectivity index (χ3v) is 2.79. The Balaban J connectivity index is 1.78. The Bertz CT molecular complexity index is 435. The molecule has 0 fully saturated rings. The molecule has 0 spiro atoms. The molecule has 2 rings (SSSR count). The molecule has 0 aliphatic carbocycles. The van der Waals surface area contributed by atoms with Crippen molar-refractivity contribution >= 4 is 5.91 Å². The maximum absolute atomic E-state index is 11.4. The molecule has 0 bridgehead atoms. The smallest absolute Gasteiger partial charge is 0.233 e. The van der Waals surface area contributed by atoms with Crippen LogP contribution in [-0.4, -0.2) is 32.2 Å². The van der Waals surface area contributed by atoms with Crippen LogP contribution in [0.4, 0.5) is 0 Å². The fourth-order valence-electron chi connectivity index (χ4n) is 1.85. The van der Waals surface area contributed by atoms with Gasteiger partial charge >= 0.3 is 0 Å². The number of ether oxygens (including phenoxy) is 2. The van der Waals surface area contributed by atoms with E-state index in [0.717, 1.165) is 30.0 Å². The van der Waals surface area contributed by atoms with Crippen LogP contribution in [0.25, 0.3) is 0 Å². The zero-order valence-electron chi connectivity index (χ0n) is 11.2. The zero-order chi connectivity index (χ0) is 13.5. The summed E-state index contributed by atoms with van der Waals surface area (Å²) in [6.45, 7) is 4.91. The lowest BCUT2D eigenvalue weighted by Gasteiger charge is -2.18. The first-order valence-electron chi connectivity index (χ1n) is 6.65. The minimum absolute atomic E-state index is 0.0272. The van der Waals surface area contributed by atoms with Crippen LogP contribution in [0.5, 0.6) is 11.5 Å². The number of amides is 1. The van der Waals surface area contributed by atoms with E-state index in [1.807, 2.05) is 25.1 Å². The highest BCUT2D eigenvalue weighted by Crippen LogP contribution is 2.30. The van der Waals surface area contributed by atoms with E-state index in [2.05, 4.69) is 10.6 Å². The number of rotatable bonds is 6. The van der Waals surface area contributed by atoms with E-state index >= 15 is 0 Å².